The van der Waals surface area contributed by atoms with Crippen molar-refractivity contribution < 1.29 is 0 Å². The number of anilines is 1. The van der Waals surface area contributed by atoms with Crippen molar-refractivity contribution in [1.29, 1.82) is 0 Å². The summed E-state index contributed by atoms with van der Waals surface area (Å²) in [5, 5.41) is 3.24. The number of halogens is 1. The SMILES string of the molecule is CCc1cc(I)cc2c(N)csc12. The third-order valence-corrected chi connectivity index (χ3v) is 3.84. The zero-order chi connectivity index (χ0) is 9.42. The molecule has 1 nitrogen and oxygen atoms in total. The number of hydrogen-bond donors (Lipinski definition) is 1. The average Bonchev–Trinajstić information content (AvgIpc) is 2.47. The lowest BCUT2D eigenvalue weighted by molar-refractivity contribution is 1.16. The second-order valence-electron chi connectivity index (χ2n) is 2.99. The first kappa shape index (κ1) is 9.27. The fourth-order valence-corrected chi connectivity index (χ4v) is 3.17. The monoisotopic (exact) mass is 303 g/mol. The number of nitrogen functional groups attached to an aromatic ring is 1. The molecule has 0 aliphatic rings. The second kappa shape index (κ2) is 3.46. The van der Waals surface area contributed by atoms with Crippen LogP contribution < -0.4 is 5.73 Å². The molecule has 0 aliphatic heterocycles. The summed E-state index contributed by atoms with van der Waals surface area (Å²) in [6.45, 7) is 2.18. The first-order valence-electron chi connectivity index (χ1n) is 4.17. The normalized spacial score (nSPS) is 10.9. The number of aryl methyl sites for hydroxylation is 1. The van der Waals surface area contributed by atoms with Gasteiger partial charge in [-0.2, -0.15) is 0 Å². The van der Waals surface area contributed by atoms with E-state index in [0.717, 1.165) is 12.1 Å². The van der Waals surface area contributed by atoms with Gasteiger partial charge in [-0.3, -0.25) is 0 Å². The lowest BCUT2D eigenvalue weighted by Crippen LogP contribution is -1.85. The van der Waals surface area contributed by atoms with Gasteiger partial charge < -0.3 is 5.73 Å². The molecule has 0 aliphatic carbocycles. The van der Waals surface area contributed by atoms with Gasteiger partial charge >= 0.3 is 0 Å². The lowest BCUT2D eigenvalue weighted by Gasteiger charge is -2.00. The van der Waals surface area contributed by atoms with Crippen molar-refractivity contribution >= 4 is 49.7 Å². The smallest absolute Gasteiger partial charge is 0.0503 e. The van der Waals surface area contributed by atoms with E-state index in [-0.39, 0.29) is 0 Å². The highest BCUT2D eigenvalue weighted by Gasteiger charge is 2.05. The Morgan fingerprint density at radius 2 is 2.23 bits per heavy atom. The molecule has 68 valence electrons. The molecule has 0 radical (unpaired) electrons. The highest BCUT2D eigenvalue weighted by molar-refractivity contribution is 14.1. The third kappa shape index (κ3) is 1.55. The summed E-state index contributed by atoms with van der Waals surface area (Å²) in [5.41, 5.74) is 8.19. The summed E-state index contributed by atoms with van der Waals surface area (Å²) in [6, 6.07) is 4.39. The Balaban J connectivity index is 2.84. The van der Waals surface area contributed by atoms with Crippen molar-refractivity contribution in [1.82, 2.24) is 0 Å². The first-order valence-corrected chi connectivity index (χ1v) is 6.13. The van der Waals surface area contributed by atoms with E-state index < -0.39 is 0 Å². The van der Waals surface area contributed by atoms with Crippen LogP contribution in [0.2, 0.25) is 0 Å². The van der Waals surface area contributed by atoms with Crippen LogP contribution in [0.1, 0.15) is 12.5 Å². The summed E-state index contributed by atoms with van der Waals surface area (Å²) < 4.78 is 2.62. The molecule has 2 N–H and O–H groups in total. The van der Waals surface area contributed by atoms with Crippen molar-refractivity contribution in [2.45, 2.75) is 13.3 Å². The molecular formula is C10H10INS. The molecule has 0 saturated heterocycles. The molecule has 1 heterocycles. The summed E-state index contributed by atoms with van der Waals surface area (Å²) in [6.07, 6.45) is 1.08. The fourth-order valence-electron chi connectivity index (χ4n) is 1.45. The molecule has 3 heteroatoms. The topological polar surface area (TPSA) is 26.0 Å². The summed E-state index contributed by atoms with van der Waals surface area (Å²) >= 11 is 4.09. The van der Waals surface area contributed by atoms with E-state index in [9.17, 15) is 0 Å². The number of rotatable bonds is 1. The van der Waals surface area contributed by atoms with Gasteiger partial charge in [0.05, 0.1) is 5.69 Å². The third-order valence-electron chi connectivity index (χ3n) is 2.13. The van der Waals surface area contributed by atoms with Crippen molar-refractivity contribution in [3.63, 3.8) is 0 Å². The predicted octanol–water partition coefficient (Wildman–Crippen LogP) is 3.65. The standard InChI is InChI=1S/C10H10INS/c1-2-6-3-7(11)4-8-9(12)5-13-10(6)8/h3-5H,2,12H2,1H3. The maximum atomic E-state index is 5.88. The van der Waals surface area contributed by atoms with Crippen molar-refractivity contribution in [2.24, 2.45) is 0 Å². The minimum atomic E-state index is 0.910. The number of nitrogens with two attached hydrogens (primary N) is 1. The van der Waals surface area contributed by atoms with Crippen LogP contribution in [0.25, 0.3) is 10.1 Å². The second-order valence-corrected chi connectivity index (χ2v) is 5.11. The van der Waals surface area contributed by atoms with Crippen LogP contribution >= 0.6 is 33.9 Å². The van der Waals surface area contributed by atoms with Gasteiger partial charge in [0.1, 0.15) is 0 Å². The van der Waals surface area contributed by atoms with Crippen LogP contribution in [-0.2, 0) is 6.42 Å². The molecule has 1 aromatic heterocycles. The van der Waals surface area contributed by atoms with Gasteiger partial charge in [-0.25, -0.2) is 0 Å². The quantitative estimate of drug-likeness (QED) is 0.800. The fraction of sp³-hybridized carbons (Fsp3) is 0.200. The Morgan fingerprint density at radius 1 is 1.46 bits per heavy atom. The van der Waals surface area contributed by atoms with Crippen molar-refractivity contribution in [3.05, 3.63) is 26.6 Å². The molecule has 0 amide bonds. The Hall–Kier alpha value is -0.290. The van der Waals surface area contributed by atoms with E-state index >= 15 is 0 Å². The van der Waals surface area contributed by atoms with Crippen LogP contribution in [0.4, 0.5) is 5.69 Å². The van der Waals surface area contributed by atoms with Crippen molar-refractivity contribution in [3.8, 4) is 0 Å². The van der Waals surface area contributed by atoms with Crippen LogP contribution in [0, 0.1) is 3.57 Å². The largest absolute Gasteiger partial charge is 0.398 e. The average molecular weight is 303 g/mol. The van der Waals surface area contributed by atoms with Crippen LogP contribution in [0.15, 0.2) is 17.5 Å². The Labute approximate surface area is 95.1 Å². The van der Waals surface area contributed by atoms with Gasteiger partial charge in [0.2, 0.25) is 0 Å². The van der Waals surface area contributed by atoms with E-state index in [0.29, 0.717) is 0 Å². The summed E-state index contributed by atoms with van der Waals surface area (Å²) in [5.74, 6) is 0. The molecule has 0 saturated carbocycles. The molecule has 13 heavy (non-hydrogen) atoms. The highest BCUT2D eigenvalue weighted by atomic mass is 127. The van der Waals surface area contributed by atoms with E-state index in [4.69, 9.17) is 5.73 Å². The molecule has 2 aromatic rings. The predicted molar refractivity (Wildman–Crippen MR) is 68.3 cm³/mol. The van der Waals surface area contributed by atoms with Gasteiger partial charge in [-0.1, -0.05) is 6.92 Å². The molecule has 1 aromatic carbocycles. The highest BCUT2D eigenvalue weighted by Crippen LogP contribution is 2.32. The Kier molecular flexibility index (Phi) is 2.47. The molecular weight excluding hydrogens is 293 g/mol. The number of benzene rings is 1. The van der Waals surface area contributed by atoms with Crippen LogP contribution in [0.5, 0.6) is 0 Å². The van der Waals surface area contributed by atoms with Crippen LogP contribution in [0.3, 0.4) is 0 Å². The van der Waals surface area contributed by atoms with E-state index in [1.165, 1.54) is 19.2 Å². The van der Waals surface area contributed by atoms with E-state index in [1.54, 1.807) is 11.3 Å². The van der Waals surface area contributed by atoms with Gasteiger partial charge in [0, 0.05) is 19.0 Å². The molecule has 0 unspecified atom stereocenters. The minimum Gasteiger partial charge on any atom is -0.398 e. The minimum absolute atomic E-state index is 0.910. The van der Waals surface area contributed by atoms with Gasteiger partial charge in [0.25, 0.3) is 0 Å². The van der Waals surface area contributed by atoms with Gasteiger partial charge in [0.15, 0.2) is 0 Å². The Morgan fingerprint density at radius 3 is 2.92 bits per heavy atom. The zero-order valence-electron chi connectivity index (χ0n) is 7.30. The first-order chi connectivity index (χ1) is 6.22. The summed E-state index contributed by atoms with van der Waals surface area (Å²) in [7, 11) is 0. The van der Waals surface area contributed by atoms with Crippen molar-refractivity contribution in [2.75, 3.05) is 5.73 Å². The lowest BCUT2D eigenvalue weighted by atomic mass is 10.1. The molecule has 0 spiro atoms. The molecule has 0 bridgehead atoms. The molecule has 2 rings (SSSR count). The van der Waals surface area contributed by atoms with E-state index in [1.807, 2.05) is 5.38 Å². The van der Waals surface area contributed by atoms with E-state index in [2.05, 4.69) is 41.6 Å². The maximum Gasteiger partial charge on any atom is 0.0503 e. The van der Waals surface area contributed by atoms with Crippen LogP contribution in [-0.4, -0.2) is 0 Å². The molecule has 0 fully saturated rings. The summed E-state index contributed by atoms with van der Waals surface area (Å²) in [4.78, 5) is 0. The zero-order valence-corrected chi connectivity index (χ0v) is 10.3. The molecule has 0 atom stereocenters. The number of thiophene rings is 1. The Bertz CT molecular complexity index is 447. The van der Waals surface area contributed by atoms with Gasteiger partial charge in [-0.15, -0.1) is 11.3 Å². The maximum absolute atomic E-state index is 5.88. The van der Waals surface area contributed by atoms with Gasteiger partial charge in [-0.05, 0) is 46.7 Å². The number of hydrogen-bond acceptors (Lipinski definition) is 2. The number of fused-ring (bicyclic) bond motifs is 1.